The van der Waals surface area contributed by atoms with Gasteiger partial charge < -0.3 is 10.4 Å². The number of rotatable bonds is 7. The van der Waals surface area contributed by atoms with Crippen LogP contribution in [0.15, 0.2) is 67.1 Å². The molecule has 0 saturated heterocycles. The highest BCUT2D eigenvalue weighted by atomic mass is 16.5. The Bertz CT molecular complexity index is 1170. The van der Waals surface area contributed by atoms with Gasteiger partial charge in [0.15, 0.2) is 0 Å². The van der Waals surface area contributed by atoms with Gasteiger partial charge in [0.2, 0.25) is 5.91 Å². The van der Waals surface area contributed by atoms with Crippen molar-refractivity contribution in [2.24, 2.45) is 0 Å². The molecule has 3 rings (SSSR count). The van der Waals surface area contributed by atoms with Crippen LogP contribution in [0, 0.1) is 18.8 Å². The molecule has 0 bridgehead atoms. The van der Waals surface area contributed by atoms with Gasteiger partial charge in [0.25, 0.3) is 5.91 Å². The van der Waals surface area contributed by atoms with E-state index in [1.165, 1.54) is 31.0 Å². The highest BCUT2D eigenvalue weighted by molar-refractivity contribution is 6.02. The highest BCUT2D eigenvalue weighted by Gasteiger charge is 2.34. The van der Waals surface area contributed by atoms with E-state index in [2.05, 4.69) is 27.1 Å². The smallest absolute Gasteiger partial charge is 0.269 e. The van der Waals surface area contributed by atoms with Crippen LogP contribution in [0.2, 0.25) is 0 Å². The molecule has 2 atom stereocenters. The third kappa shape index (κ3) is 6.38. The molecule has 1 aromatic heterocycles. The first kappa shape index (κ1) is 24.4. The Balaban J connectivity index is 1.86. The van der Waals surface area contributed by atoms with Crippen molar-refractivity contribution in [1.82, 2.24) is 15.4 Å². The number of carbonyl (C=O) groups excluding carboxylic acids is 2. The Kier molecular flexibility index (Phi) is 8.29. The summed E-state index contributed by atoms with van der Waals surface area (Å²) in [4.78, 5) is 34.5. The molecule has 2 radical (unpaired) electrons. The van der Waals surface area contributed by atoms with Gasteiger partial charge >= 0.3 is 0 Å². The van der Waals surface area contributed by atoms with E-state index in [1.54, 1.807) is 36.4 Å². The summed E-state index contributed by atoms with van der Waals surface area (Å²) in [5.41, 5.74) is 3.95. The minimum Gasteiger partial charge on any atom is -0.391 e. The normalized spacial score (nSPS) is 12.0. The lowest BCUT2D eigenvalue weighted by Crippen LogP contribution is -2.56. The SMILES string of the molecule is [CH]c1ccc(C#Cc2ccc(N(C(=O)CNc3cnccn3)[C@H](C(=O)NO)[C@@H](C)O)cc2)cc1. The molecule has 0 aliphatic carbocycles. The number of amides is 2. The quantitative estimate of drug-likeness (QED) is 0.241. The fourth-order valence-electron chi connectivity index (χ4n) is 3.14. The first-order chi connectivity index (χ1) is 16.4. The van der Waals surface area contributed by atoms with Crippen LogP contribution in [0.5, 0.6) is 0 Å². The number of benzene rings is 2. The van der Waals surface area contributed by atoms with E-state index in [4.69, 9.17) is 6.92 Å². The van der Waals surface area contributed by atoms with E-state index in [1.807, 2.05) is 12.1 Å². The maximum absolute atomic E-state index is 13.1. The lowest BCUT2D eigenvalue weighted by atomic mass is 10.1. The van der Waals surface area contributed by atoms with Crippen LogP contribution in [-0.4, -0.2) is 50.8 Å². The van der Waals surface area contributed by atoms with Crippen molar-refractivity contribution in [2.45, 2.75) is 19.1 Å². The Hall–Kier alpha value is -4.26. The van der Waals surface area contributed by atoms with E-state index >= 15 is 0 Å². The molecule has 2 amide bonds. The van der Waals surface area contributed by atoms with Crippen LogP contribution in [0.4, 0.5) is 11.5 Å². The van der Waals surface area contributed by atoms with Crippen LogP contribution < -0.4 is 15.7 Å². The van der Waals surface area contributed by atoms with Crippen molar-refractivity contribution in [3.8, 4) is 11.8 Å². The van der Waals surface area contributed by atoms with E-state index in [0.717, 1.165) is 10.5 Å². The lowest BCUT2D eigenvalue weighted by molar-refractivity contribution is -0.135. The topological polar surface area (TPSA) is 128 Å². The first-order valence-electron chi connectivity index (χ1n) is 10.3. The minimum absolute atomic E-state index is 0.237. The fraction of sp³-hybridized carbons (Fsp3) is 0.160. The summed E-state index contributed by atoms with van der Waals surface area (Å²) in [7, 11) is 0. The molecule has 0 aliphatic heterocycles. The Morgan fingerprint density at radius 3 is 2.21 bits per heavy atom. The van der Waals surface area contributed by atoms with Gasteiger partial charge in [-0.3, -0.25) is 24.7 Å². The zero-order valence-corrected chi connectivity index (χ0v) is 18.3. The number of hydrogen-bond acceptors (Lipinski definition) is 7. The average Bonchev–Trinajstić information content (AvgIpc) is 2.86. The molecule has 0 fully saturated rings. The van der Waals surface area contributed by atoms with E-state index < -0.39 is 24.0 Å². The molecule has 3 aromatic rings. The van der Waals surface area contributed by atoms with E-state index in [-0.39, 0.29) is 6.54 Å². The van der Waals surface area contributed by atoms with Crippen molar-refractivity contribution in [2.75, 3.05) is 16.8 Å². The van der Waals surface area contributed by atoms with Crippen molar-refractivity contribution >= 4 is 23.3 Å². The molecular formula is C25H23N5O4. The summed E-state index contributed by atoms with van der Waals surface area (Å²) >= 11 is 0. The highest BCUT2D eigenvalue weighted by Crippen LogP contribution is 2.21. The van der Waals surface area contributed by atoms with Crippen LogP contribution in [-0.2, 0) is 9.59 Å². The number of carbonyl (C=O) groups is 2. The first-order valence-corrected chi connectivity index (χ1v) is 10.3. The van der Waals surface area contributed by atoms with Crippen LogP contribution in [0.3, 0.4) is 0 Å². The third-order valence-electron chi connectivity index (χ3n) is 4.77. The van der Waals surface area contributed by atoms with E-state index in [9.17, 15) is 19.9 Å². The summed E-state index contributed by atoms with van der Waals surface area (Å²) < 4.78 is 0. The molecule has 0 unspecified atom stereocenters. The molecule has 0 spiro atoms. The second-order valence-corrected chi connectivity index (χ2v) is 7.29. The molecule has 9 nitrogen and oxygen atoms in total. The minimum atomic E-state index is -1.38. The van der Waals surface area contributed by atoms with Gasteiger partial charge in [0, 0.05) is 29.2 Å². The number of aliphatic hydroxyl groups is 1. The summed E-state index contributed by atoms with van der Waals surface area (Å²) in [5, 5.41) is 22.2. The van der Waals surface area contributed by atoms with Crippen LogP contribution in [0.1, 0.15) is 23.6 Å². The summed E-state index contributed by atoms with van der Waals surface area (Å²) in [5.74, 6) is 4.93. The maximum Gasteiger partial charge on any atom is 0.269 e. The predicted octanol–water partition coefficient (Wildman–Crippen LogP) is 1.64. The van der Waals surface area contributed by atoms with Crippen LogP contribution in [0.25, 0.3) is 0 Å². The van der Waals surface area contributed by atoms with Crippen molar-refractivity contribution in [3.63, 3.8) is 0 Å². The van der Waals surface area contributed by atoms with Gasteiger partial charge in [-0.15, -0.1) is 0 Å². The number of nitrogens with one attached hydrogen (secondary N) is 2. The zero-order chi connectivity index (χ0) is 24.5. The average molecular weight is 457 g/mol. The van der Waals surface area contributed by atoms with Crippen molar-refractivity contribution < 1.29 is 19.9 Å². The molecule has 4 N–H and O–H groups in total. The van der Waals surface area contributed by atoms with Crippen molar-refractivity contribution in [1.29, 1.82) is 0 Å². The van der Waals surface area contributed by atoms with Gasteiger partial charge in [0.1, 0.15) is 11.9 Å². The Labute approximate surface area is 197 Å². The van der Waals surface area contributed by atoms with E-state index in [0.29, 0.717) is 22.6 Å². The number of aromatic nitrogens is 2. The Morgan fingerprint density at radius 2 is 1.68 bits per heavy atom. The molecule has 1 heterocycles. The molecule has 9 heteroatoms. The number of nitrogens with zero attached hydrogens (tertiary/aromatic N) is 3. The number of hydroxylamine groups is 1. The van der Waals surface area contributed by atoms with Gasteiger partial charge in [0.05, 0.1) is 18.8 Å². The molecule has 172 valence electrons. The van der Waals surface area contributed by atoms with Gasteiger partial charge in [-0.05, 0) is 55.8 Å². The number of anilines is 2. The summed E-state index contributed by atoms with van der Waals surface area (Å²) in [6, 6.07) is 12.3. The largest absolute Gasteiger partial charge is 0.391 e. The second-order valence-electron chi connectivity index (χ2n) is 7.29. The van der Waals surface area contributed by atoms with Gasteiger partial charge in [-0.2, -0.15) is 0 Å². The predicted molar refractivity (Wildman–Crippen MR) is 126 cm³/mol. The fourth-order valence-corrected chi connectivity index (χ4v) is 3.14. The molecular weight excluding hydrogens is 434 g/mol. The number of hydrogen-bond donors (Lipinski definition) is 4. The molecule has 2 aromatic carbocycles. The second kappa shape index (κ2) is 11.6. The summed E-state index contributed by atoms with van der Waals surface area (Å²) in [6.07, 6.45) is 3.12. The molecule has 0 aliphatic rings. The maximum atomic E-state index is 13.1. The van der Waals surface area contributed by atoms with Crippen molar-refractivity contribution in [3.05, 3.63) is 90.7 Å². The molecule has 0 saturated carbocycles. The summed E-state index contributed by atoms with van der Waals surface area (Å²) in [6.45, 7) is 6.79. The Morgan fingerprint density at radius 1 is 1.06 bits per heavy atom. The number of aliphatic hydroxyl groups excluding tert-OH is 1. The third-order valence-corrected chi connectivity index (χ3v) is 4.77. The van der Waals surface area contributed by atoms with Gasteiger partial charge in [-0.25, -0.2) is 10.5 Å². The monoisotopic (exact) mass is 457 g/mol. The molecule has 34 heavy (non-hydrogen) atoms. The van der Waals surface area contributed by atoms with Crippen LogP contribution >= 0.6 is 0 Å². The standard InChI is InChI=1S/C25H23N5O4/c1-17-3-5-19(6-4-17)7-8-20-9-11-21(12-10-20)30(24(18(2)31)25(33)29-34)23(32)16-28-22-15-26-13-14-27-22/h1,3-6,9-15,18,24,31,34H,16H2,2H3,(H,27,28)(H,29,33)/t18-,24+/m1/s1. The van der Waals surface area contributed by atoms with Gasteiger partial charge in [-0.1, -0.05) is 24.0 Å². The lowest BCUT2D eigenvalue weighted by Gasteiger charge is -2.32. The zero-order valence-electron chi connectivity index (χ0n) is 18.3.